The highest BCUT2D eigenvalue weighted by atomic mass is 35.5. The third-order valence-electron chi connectivity index (χ3n) is 4.82. The normalized spacial score (nSPS) is 22.4. The van der Waals surface area contributed by atoms with E-state index >= 15 is 0 Å². The fourth-order valence-electron chi connectivity index (χ4n) is 3.50. The maximum Gasteiger partial charge on any atom is 0.164 e. The molecule has 154 valence electrons. The Morgan fingerprint density at radius 3 is 2.76 bits per heavy atom. The number of ether oxygens (including phenoxy) is 1. The van der Waals surface area contributed by atoms with E-state index in [0.717, 1.165) is 23.1 Å². The van der Waals surface area contributed by atoms with Gasteiger partial charge in [-0.25, -0.2) is 12.8 Å². The van der Waals surface area contributed by atoms with Crippen LogP contribution < -0.4 is 9.64 Å². The van der Waals surface area contributed by atoms with Crippen molar-refractivity contribution in [3.63, 3.8) is 0 Å². The molecule has 2 aromatic rings. The molecule has 0 amide bonds. The van der Waals surface area contributed by atoms with E-state index in [1.165, 1.54) is 12.1 Å². The van der Waals surface area contributed by atoms with Crippen LogP contribution in [0.25, 0.3) is 0 Å². The number of anilines is 1. The quantitative estimate of drug-likeness (QED) is 0.617. The number of aliphatic imine (C=N–C) groups is 1. The number of halogens is 2. The van der Waals surface area contributed by atoms with Crippen molar-refractivity contribution >= 4 is 44.1 Å². The van der Waals surface area contributed by atoms with Gasteiger partial charge in [0.1, 0.15) is 11.6 Å². The molecule has 5 nitrogen and oxygen atoms in total. The zero-order chi connectivity index (χ0) is 20.4. The lowest BCUT2D eigenvalue weighted by Crippen LogP contribution is -2.39. The zero-order valence-electron chi connectivity index (χ0n) is 15.5. The lowest BCUT2D eigenvalue weighted by atomic mass is 10.1. The number of benzene rings is 2. The Morgan fingerprint density at radius 2 is 2.00 bits per heavy atom. The average molecular weight is 455 g/mol. The van der Waals surface area contributed by atoms with E-state index in [1.54, 1.807) is 17.8 Å². The minimum absolute atomic E-state index is 0.00687. The first-order valence-corrected chi connectivity index (χ1v) is 12.4. The highest BCUT2D eigenvalue weighted by Gasteiger charge is 2.47. The van der Waals surface area contributed by atoms with Crippen LogP contribution in [0, 0.1) is 5.82 Å². The fraction of sp³-hybridized carbons (Fsp3) is 0.350. The second-order valence-electron chi connectivity index (χ2n) is 6.96. The van der Waals surface area contributed by atoms with Crippen molar-refractivity contribution in [2.24, 2.45) is 4.99 Å². The van der Waals surface area contributed by atoms with Gasteiger partial charge in [-0.1, -0.05) is 41.6 Å². The summed E-state index contributed by atoms with van der Waals surface area (Å²) in [7, 11) is -3.13. The van der Waals surface area contributed by atoms with Gasteiger partial charge in [0.05, 0.1) is 35.2 Å². The molecule has 0 radical (unpaired) electrons. The van der Waals surface area contributed by atoms with E-state index < -0.39 is 15.7 Å². The van der Waals surface area contributed by atoms with E-state index in [4.69, 9.17) is 16.3 Å². The van der Waals surface area contributed by atoms with Crippen LogP contribution in [0.15, 0.2) is 53.5 Å². The molecule has 4 rings (SSSR count). The smallest absolute Gasteiger partial charge is 0.164 e. The summed E-state index contributed by atoms with van der Waals surface area (Å²) in [6.45, 7) is 0.577. The second kappa shape index (κ2) is 8.53. The predicted molar refractivity (Wildman–Crippen MR) is 117 cm³/mol. The van der Waals surface area contributed by atoms with Gasteiger partial charge < -0.3 is 9.64 Å². The van der Waals surface area contributed by atoms with Gasteiger partial charge in [0.2, 0.25) is 0 Å². The van der Waals surface area contributed by atoms with Gasteiger partial charge in [0.15, 0.2) is 15.0 Å². The van der Waals surface area contributed by atoms with Gasteiger partial charge in [-0.15, -0.1) is 0 Å². The van der Waals surface area contributed by atoms with E-state index in [-0.39, 0.29) is 28.6 Å². The van der Waals surface area contributed by atoms with Crippen LogP contribution in [0.4, 0.5) is 10.1 Å². The first-order valence-electron chi connectivity index (χ1n) is 9.26. The maximum absolute atomic E-state index is 13.6. The minimum atomic E-state index is -3.13. The van der Waals surface area contributed by atoms with Crippen molar-refractivity contribution in [2.75, 3.05) is 28.8 Å². The Kier molecular flexibility index (Phi) is 6.03. The summed E-state index contributed by atoms with van der Waals surface area (Å²) in [5, 5.41) is 0.754. The molecule has 9 heteroatoms. The molecule has 29 heavy (non-hydrogen) atoms. The average Bonchev–Trinajstić information content (AvgIpc) is 3.15. The van der Waals surface area contributed by atoms with E-state index in [9.17, 15) is 12.8 Å². The first-order chi connectivity index (χ1) is 13.9. The number of amidine groups is 1. The number of sulfone groups is 1. The molecule has 0 saturated carbocycles. The monoisotopic (exact) mass is 454 g/mol. The lowest BCUT2D eigenvalue weighted by molar-refractivity contribution is 0.319. The summed E-state index contributed by atoms with van der Waals surface area (Å²) in [6, 6.07) is 13.5. The highest BCUT2D eigenvalue weighted by Crippen LogP contribution is 2.36. The molecular weight excluding hydrogens is 435 g/mol. The number of rotatable bonds is 6. The van der Waals surface area contributed by atoms with Crippen LogP contribution >= 0.6 is 23.4 Å². The van der Waals surface area contributed by atoms with Crippen molar-refractivity contribution in [1.29, 1.82) is 0 Å². The summed E-state index contributed by atoms with van der Waals surface area (Å²) in [5.41, 5.74) is 0.660. The van der Waals surface area contributed by atoms with E-state index in [1.807, 2.05) is 35.2 Å². The van der Waals surface area contributed by atoms with Crippen molar-refractivity contribution < 1.29 is 17.5 Å². The molecule has 0 spiro atoms. The molecule has 0 aliphatic carbocycles. The van der Waals surface area contributed by atoms with Crippen LogP contribution in [0.1, 0.15) is 6.42 Å². The van der Waals surface area contributed by atoms with Crippen molar-refractivity contribution in [2.45, 2.75) is 18.5 Å². The Hall–Kier alpha value is -1.77. The van der Waals surface area contributed by atoms with Gasteiger partial charge in [0.25, 0.3) is 0 Å². The van der Waals surface area contributed by atoms with Crippen LogP contribution in [-0.2, 0) is 9.84 Å². The Morgan fingerprint density at radius 1 is 1.21 bits per heavy atom. The molecule has 2 aromatic carbocycles. The van der Waals surface area contributed by atoms with Gasteiger partial charge >= 0.3 is 0 Å². The summed E-state index contributed by atoms with van der Waals surface area (Å²) < 4.78 is 43.5. The summed E-state index contributed by atoms with van der Waals surface area (Å²) in [5.74, 6) is 1.18. The molecule has 2 atom stereocenters. The SMILES string of the molecule is O=S1(=O)C[C@H]2N=C(SCCCOc3ccccc3)N(c3ccc(F)c(Cl)c3)[C@H]2C1. The molecule has 2 heterocycles. The van der Waals surface area contributed by atoms with E-state index in [2.05, 4.69) is 4.99 Å². The summed E-state index contributed by atoms with van der Waals surface area (Å²) in [6.07, 6.45) is 0.810. The molecule has 0 unspecified atom stereocenters. The van der Waals surface area contributed by atoms with Gasteiger partial charge in [-0.05, 0) is 36.8 Å². The van der Waals surface area contributed by atoms with Crippen LogP contribution in [0.2, 0.25) is 5.02 Å². The topological polar surface area (TPSA) is 59.0 Å². The third-order valence-corrected chi connectivity index (χ3v) is 7.86. The van der Waals surface area contributed by atoms with Crippen molar-refractivity contribution in [3.05, 3.63) is 59.4 Å². The van der Waals surface area contributed by atoms with Gasteiger partial charge in [-0.3, -0.25) is 4.99 Å². The largest absolute Gasteiger partial charge is 0.494 e. The summed E-state index contributed by atoms with van der Waals surface area (Å²) in [4.78, 5) is 6.55. The van der Waals surface area contributed by atoms with E-state index in [0.29, 0.717) is 12.3 Å². The number of thioether (sulfide) groups is 1. The minimum Gasteiger partial charge on any atom is -0.494 e. The number of hydrogen-bond donors (Lipinski definition) is 0. The number of para-hydroxylation sites is 1. The fourth-order valence-corrected chi connectivity index (χ4v) is 6.55. The molecule has 0 bridgehead atoms. The second-order valence-corrected chi connectivity index (χ2v) is 10.6. The molecule has 2 aliphatic heterocycles. The van der Waals surface area contributed by atoms with Crippen molar-refractivity contribution in [3.8, 4) is 5.75 Å². The van der Waals surface area contributed by atoms with Crippen LogP contribution in [0.3, 0.4) is 0 Å². The van der Waals surface area contributed by atoms with Crippen molar-refractivity contribution in [1.82, 2.24) is 0 Å². The Balaban J connectivity index is 1.43. The number of nitrogens with zero attached hydrogens (tertiary/aromatic N) is 2. The molecule has 1 saturated heterocycles. The lowest BCUT2D eigenvalue weighted by Gasteiger charge is -2.26. The highest BCUT2D eigenvalue weighted by molar-refractivity contribution is 8.14. The summed E-state index contributed by atoms with van der Waals surface area (Å²) >= 11 is 7.51. The zero-order valence-corrected chi connectivity index (χ0v) is 17.9. The predicted octanol–water partition coefficient (Wildman–Crippen LogP) is 4.02. The van der Waals surface area contributed by atoms with Gasteiger partial charge in [0, 0.05) is 11.4 Å². The molecular formula is C20H20ClFN2O3S2. The standard InChI is InChI=1S/C20H20ClFN2O3S2/c21-16-11-14(7-8-17(16)22)24-19-13-29(25,26)12-18(19)23-20(24)28-10-4-9-27-15-5-2-1-3-6-15/h1-3,5-8,11,18-19H,4,9-10,12-13H2/t18-,19+/m1/s1. The van der Waals surface area contributed by atoms with Crippen LogP contribution in [-0.4, -0.2) is 49.5 Å². The molecule has 0 aromatic heterocycles. The number of fused-ring (bicyclic) bond motifs is 1. The Labute approximate surface area is 178 Å². The first kappa shape index (κ1) is 20.5. The van der Waals surface area contributed by atoms with Gasteiger partial charge in [-0.2, -0.15) is 0 Å². The Bertz CT molecular complexity index is 1020. The maximum atomic E-state index is 13.6. The molecule has 2 aliphatic rings. The third kappa shape index (κ3) is 4.70. The molecule has 1 fully saturated rings. The van der Waals surface area contributed by atoms with Crippen LogP contribution in [0.5, 0.6) is 5.75 Å². The number of hydrogen-bond acceptors (Lipinski definition) is 6. The molecule has 0 N–H and O–H groups in total.